The fourth-order valence-corrected chi connectivity index (χ4v) is 2.03. The molecule has 1 radical (unpaired) electrons. The summed E-state index contributed by atoms with van der Waals surface area (Å²) in [5.74, 6) is 0. The Bertz CT molecular complexity index is 409. The van der Waals surface area contributed by atoms with Crippen LogP contribution in [-0.2, 0) is 0 Å². The fourth-order valence-electron chi connectivity index (χ4n) is 2.03. The van der Waals surface area contributed by atoms with Crippen molar-refractivity contribution >= 4 is 5.69 Å². The molecule has 0 spiro atoms. The normalized spacial score (nSPS) is 21.6. The average Bonchev–Trinajstić information content (AvgIpc) is 2.26. The lowest BCUT2D eigenvalue weighted by Gasteiger charge is -2.28. The molecule has 17 heavy (non-hydrogen) atoms. The van der Waals surface area contributed by atoms with Crippen molar-refractivity contribution in [2.75, 3.05) is 5.32 Å². The summed E-state index contributed by atoms with van der Waals surface area (Å²) in [6, 6.07) is 5.82. The molecule has 0 fully saturated rings. The molecule has 1 aliphatic heterocycles. The van der Waals surface area contributed by atoms with Crippen molar-refractivity contribution in [2.45, 2.75) is 39.5 Å². The number of hydrogen-bond donors (Lipinski definition) is 3. The maximum absolute atomic E-state index is 10.2. The van der Waals surface area contributed by atoms with Gasteiger partial charge in [-0.1, -0.05) is 32.9 Å². The van der Waals surface area contributed by atoms with E-state index in [1.165, 1.54) is 0 Å². The van der Waals surface area contributed by atoms with Crippen LogP contribution in [0.5, 0.6) is 0 Å². The van der Waals surface area contributed by atoms with Crippen LogP contribution < -0.4 is 5.32 Å². The first-order valence-corrected chi connectivity index (χ1v) is 5.98. The molecule has 0 aromatic heterocycles. The number of rotatable bonds is 1. The van der Waals surface area contributed by atoms with Gasteiger partial charge in [0.05, 0.1) is 6.10 Å². The van der Waals surface area contributed by atoms with Gasteiger partial charge in [-0.05, 0) is 35.4 Å². The Balaban J connectivity index is 2.28. The molecule has 0 aliphatic carbocycles. The second-order valence-corrected chi connectivity index (χ2v) is 5.72. The molecule has 0 bridgehead atoms. The largest absolute Gasteiger partial charge is 0.388 e. The highest BCUT2D eigenvalue weighted by atomic mass is 16.3. The molecule has 2 unspecified atom stereocenters. The zero-order valence-corrected chi connectivity index (χ0v) is 10.6. The van der Waals surface area contributed by atoms with Crippen LogP contribution in [0.4, 0.5) is 5.69 Å². The van der Waals surface area contributed by atoms with E-state index in [-0.39, 0.29) is 5.41 Å². The molecule has 93 valence electrons. The molecule has 0 saturated heterocycles. The summed E-state index contributed by atoms with van der Waals surface area (Å²) in [5, 5.41) is 22.7. The van der Waals surface area contributed by atoms with E-state index in [0.29, 0.717) is 6.42 Å². The summed E-state index contributed by atoms with van der Waals surface area (Å²) < 4.78 is 0. The zero-order valence-electron chi connectivity index (χ0n) is 10.6. The van der Waals surface area contributed by atoms with Crippen molar-refractivity contribution in [3.8, 4) is 0 Å². The smallest absolute Gasteiger partial charge is 0.125 e. The van der Waals surface area contributed by atoms with Crippen molar-refractivity contribution in [3.05, 3.63) is 35.7 Å². The third-order valence-electron chi connectivity index (χ3n) is 3.09. The van der Waals surface area contributed by atoms with E-state index in [1.54, 1.807) is 0 Å². The van der Waals surface area contributed by atoms with Crippen LogP contribution in [0.3, 0.4) is 0 Å². The first-order chi connectivity index (χ1) is 7.88. The average molecular weight is 234 g/mol. The molecule has 2 atom stereocenters. The molecule has 3 nitrogen and oxygen atoms in total. The Hall–Kier alpha value is -1.06. The van der Waals surface area contributed by atoms with Crippen molar-refractivity contribution in [3.63, 3.8) is 0 Å². The third kappa shape index (κ3) is 2.61. The molecule has 1 aromatic rings. The standard InChI is InChI=1S/C14H20NO2/c1-14(2,3)13(17)10-4-6-11-9(8-10)5-7-12(16)15-11/h4-6,8,12-13,15-17H,7H2,1-3H3. The van der Waals surface area contributed by atoms with Crippen molar-refractivity contribution < 1.29 is 10.2 Å². The van der Waals surface area contributed by atoms with Crippen molar-refractivity contribution in [2.24, 2.45) is 5.41 Å². The van der Waals surface area contributed by atoms with E-state index in [0.717, 1.165) is 16.8 Å². The monoisotopic (exact) mass is 234 g/mol. The lowest BCUT2D eigenvalue weighted by Crippen LogP contribution is -2.24. The first kappa shape index (κ1) is 12.4. The fraction of sp³-hybridized carbons (Fsp3) is 0.500. The summed E-state index contributed by atoms with van der Waals surface area (Å²) >= 11 is 0. The van der Waals surface area contributed by atoms with Gasteiger partial charge in [-0.2, -0.15) is 0 Å². The molecule has 1 aromatic carbocycles. The Labute approximate surface area is 102 Å². The van der Waals surface area contributed by atoms with Crippen LogP contribution in [0.2, 0.25) is 0 Å². The molecule has 0 saturated carbocycles. The van der Waals surface area contributed by atoms with Crippen LogP contribution in [0.1, 0.15) is 44.4 Å². The number of benzene rings is 1. The van der Waals surface area contributed by atoms with E-state index >= 15 is 0 Å². The van der Waals surface area contributed by atoms with E-state index in [1.807, 2.05) is 45.4 Å². The second kappa shape index (κ2) is 4.31. The Morgan fingerprint density at radius 2 is 2.06 bits per heavy atom. The maximum atomic E-state index is 10.2. The zero-order chi connectivity index (χ0) is 12.6. The van der Waals surface area contributed by atoms with Gasteiger partial charge in [-0.3, -0.25) is 0 Å². The van der Waals surface area contributed by atoms with Gasteiger partial charge in [0.2, 0.25) is 0 Å². The van der Waals surface area contributed by atoms with Crippen LogP contribution in [0.15, 0.2) is 18.2 Å². The van der Waals surface area contributed by atoms with E-state index in [4.69, 9.17) is 0 Å². The minimum absolute atomic E-state index is 0.171. The van der Waals surface area contributed by atoms with Crippen LogP contribution >= 0.6 is 0 Å². The van der Waals surface area contributed by atoms with Gasteiger partial charge in [0, 0.05) is 5.69 Å². The Morgan fingerprint density at radius 1 is 1.35 bits per heavy atom. The van der Waals surface area contributed by atoms with Gasteiger partial charge in [0.1, 0.15) is 6.23 Å². The third-order valence-corrected chi connectivity index (χ3v) is 3.09. The lowest BCUT2D eigenvalue weighted by atomic mass is 9.83. The number of fused-ring (bicyclic) bond motifs is 1. The summed E-state index contributed by atoms with van der Waals surface area (Å²) in [4.78, 5) is 0. The minimum Gasteiger partial charge on any atom is -0.388 e. The molecule has 3 heteroatoms. The maximum Gasteiger partial charge on any atom is 0.125 e. The summed E-state index contributed by atoms with van der Waals surface area (Å²) in [6.07, 6.45) is 1.62. The van der Waals surface area contributed by atoms with Gasteiger partial charge < -0.3 is 15.5 Å². The predicted octanol–water partition coefficient (Wildman–Crippen LogP) is 2.45. The van der Waals surface area contributed by atoms with E-state index < -0.39 is 12.3 Å². The quantitative estimate of drug-likeness (QED) is 0.699. The highest BCUT2D eigenvalue weighted by molar-refractivity contribution is 5.58. The van der Waals surface area contributed by atoms with Crippen LogP contribution in [0.25, 0.3) is 0 Å². The number of nitrogens with one attached hydrogen (secondary N) is 1. The molecule has 1 aliphatic rings. The van der Waals surface area contributed by atoms with Gasteiger partial charge in [-0.25, -0.2) is 0 Å². The summed E-state index contributed by atoms with van der Waals surface area (Å²) in [5.41, 5.74) is 2.73. The second-order valence-electron chi connectivity index (χ2n) is 5.72. The molecule has 3 N–H and O–H groups in total. The summed E-state index contributed by atoms with van der Waals surface area (Å²) in [6.45, 7) is 6.05. The van der Waals surface area contributed by atoms with E-state index in [9.17, 15) is 10.2 Å². The highest BCUT2D eigenvalue weighted by Crippen LogP contribution is 2.35. The Morgan fingerprint density at radius 3 is 2.71 bits per heavy atom. The molecule has 1 heterocycles. The van der Waals surface area contributed by atoms with E-state index in [2.05, 4.69) is 5.32 Å². The van der Waals surface area contributed by atoms with Crippen LogP contribution in [0, 0.1) is 11.8 Å². The van der Waals surface area contributed by atoms with Gasteiger partial charge in [-0.15, -0.1) is 0 Å². The number of anilines is 1. The predicted molar refractivity (Wildman–Crippen MR) is 68.5 cm³/mol. The Kier molecular flexibility index (Phi) is 3.15. The van der Waals surface area contributed by atoms with Gasteiger partial charge in [0.25, 0.3) is 0 Å². The number of hydrogen-bond acceptors (Lipinski definition) is 3. The molecular weight excluding hydrogens is 214 g/mol. The highest BCUT2D eigenvalue weighted by Gasteiger charge is 2.25. The van der Waals surface area contributed by atoms with Gasteiger partial charge >= 0.3 is 0 Å². The SMILES string of the molecule is CC(C)(C)C(O)c1ccc2c(c1)[CH]CC(O)N2. The first-order valence-electron chi connectivity index (χ1n) is 5.98. The molecule has 0 amide bonds. The van der Waals surface area contributed by atoms with Crippen LogP contribution in [-0.4, -0.2) is 16.4 Å². The minimum atomic E-state index is -0.499. The van der Waals surface area contributed by atoms with Gasteiger partial charge in [0.15, 0.2) is 0 Å². The number of aliphatic hydroxyl groups excluding tert-OH is 2. The molecular formula is C14H20NO2. The van der Waals surface area contributed by atoms with Crippen molar-refractivity contribution in [1.29, 1.82) is 0 Å². The topological polar surface area (TPSA) is 52.5 Å². The number of aliphatic hydroxyl groups is 2. The molecule has 2 rings (SSSR count). The summed E-state index contributed by atoms with van der Waals surface area (Å²) in [7, 11) is 0. The van der Waals surface area contributed by atoms with Crippen molar-refractivity contribution in [1.82, 2.24) is 0 Å². The lowest BCUT2D eigenvalue weighted by molar-refractivity contribution is 0.0626.